The smallest absolute Gasteiger partial charge is 0.355 e. The van der Waals surface area contributed by atoms with E-state index in [9.17, 15) is 4.79 Å². The molecule has 0 spiro atoms. The quantitative estimate of drug-likeness (QED) is 0.920. The van der Waals surface area contributed by atoms with E-state index in [0.717, 1.165) is 0 Å². The van der Waals surface area contributed by atoms with Gasteiger partial charge in [-0.25, -0.2) is 9.78 Å². The van der Waals surface area contributed by atoms with Crippen molar-refractivity contribution in [2.24, 2.45) is 0 Å². The number of benzene rings is 1. The lowest BCUT2D eigenvalue weighted by molar-refractivity contribution is 0.0691. The van der Waals surface area contributed by atoms with Crippen molar-refractivity contribution >= 4 is 22.4 Å². The Labute approximate surface area is 110 Å². The molecule has 1 aromatic carbocycles. The number of aryl methyl sites for hydroxylation is 1. The van der Waals surface area contributed by atoms with Crippen molar-refractivity contribution in [1.29, 1.82) is 0 Å². The minimum absolute atomic E-state index is 0.103. The SMILES string of the molecule is Cc1cccc(CN(C)c2nc(C(=O)O)cs2)c1. The molecule has 0 aliphatic rings. The van der Waals surface area contributed by atoms with Crippen molar-refractivity contribution in [3.8, 4) is 0 Å². The number of carboxylic acids is 1. The number of hydrogen-bond donors (Lipinski definition) is 1. The van der Waals surface area contributed by atoms with E-state index in [-0.39, 0.29) is 5.69 Å². The van der Waals surface area contributed by atoms with Crippen molar-refractivity contribution in [3.63, 3.8) is 0 Å². The predicted octanol–water partition coefficient (Wildman–Crippen LogP) is 2.79. The van der Waals surface area contributed by atoms with Crippen LogP contribution in [0.4, 0.5) is 5.13 Å². The monoisotopic (exact) mass is 262 g/mol. The number of nitrogens with zero attached hydrogens (tertiary/aromatic N) is 2. The number of anilines is 1. The molecule has 0 atom stereocenters. The molecule has 94 valence electrons. The number of rotatable bonds is 4. The van der Waals surface area contributed by atoms with Crippen LogP contribution >= 0.6 is 11.3 Å². The van der Waals surface area contributed by atoms with Gasteiger partial charge in [0.25, 0.3) is 0 Å². The molecule has 0 radical (unpaired) electrons. The molecule has 1 aromatic heterocycles. The van der Waals surface area contributed by atoms with Crippen molar-refractivity contribution in [2.75, 3.05) is 11.9 Å². The highest BCUT2D eigenvalue weighted by Gasteiger charge is 2.11. The van der Waals surface area contributed by atoms with Gasteiger partial charge in [-0.05, 0) is 12.5 Å². The lowest BCUT2D eigenvalue weighted by Gasteiger charge is -2.15. The van der Waals surface area contributed by atoms with Gasteiger partial charge >= 0.3 is 5.97 Å². The Morgan fingerprint density at radius 1 is 1.50 bits per heavy atom. The second-order valence-electron chi connectivity index (χ2n) is 4.17. The van der Waals surface area contributed by atoms with Crippen molar-refractivity contribution in [3.05, 3.63) is 46.5 Å². The van der Waals surface area contributed by atoms with E-state index < -0.39 is 5.97 Å². The van der Waals surface area contributed by atoms with E-state index in [1.165, 1.54) is 22.5 Å². The Bertz CT molecular complexity index is 566. The normalized spacial score (nSPS) is 10.3. The van der Waals surface area contributed by atoms with Gasteiger partial charge < -0.3 is 10.0 Å². The predicted molar refractivity (Wildman–Crippen MR) is 72.4 cm³/mol. The van der Waals surface area contributed by atoms with Gasteiger partial charge in [-0.1, -0.05) is 29.8 Å². The highest BCUT2D eigenvalue weighted by Crippen LogP contribution is 2.21. The zero-order valence-electron chi connectivity index (χ0n) is 10.3. The minimum atomic E-state index is -0.985. The summed E-state index contributed by atoms with van der Waals surface area (Å²) in [6.45, 7) is 2.77. The molecule has 2 rings (SSSR count). The molecule has 1 N–H and O–H groups in total. The van der Waals surface area contributed by atoms with E-state index in [0.29, 0.717) is 11.7 Å². The third-order valence-corrected chi connectivity index (χ3v) is 3.49. The molecule has 0 fully saturated rings. The fourth-order valence-electron chi connectivity index (χ4n) is 1.69. The first-order chi connectivity index (χ1) is 8.56. The number of aromatic nitrogens is 1. The molecule has 18 heavy (non-hydrogen) atoms. The maximum atomic E-state index is 10.8. The number of carboxylic acid groups (broad SMARTS) is 1. The maximum absolute atomic E-state index is 10.8. The summed E-state index contributed by atoms with van der Waals surface area (Å²) in [5.74, 6) is -0.985. The van der Waals surface area contributed by atoms with Gasteiger partial charge in [0.15, 0.2) is 10.8 Å². The van der Waals surface area contributed by atoms with E-state index in [1.807, 2.05) is 18.0 Å². The topological polar surface area (TPSA) is 53.4 Å². The standard InChI is InChI=1S/C13H14N2O2S/c1-9-4-3-5-10(6-9)7-15(2)13-14-11(8-18-13)12(16)17/h3-6,8H,7H2,1-2H3,(H,16,17). The Kier molecular flexibility index (Phi) is 3.62. The van der Waals surface area contributed by atoms with Crippen LogP contribution in [0, 0.1) is 6.92 Å². The zero-order valence-corrected chi connectivity index (χ0v) is 11.1. The molecule has 2 aromatic rings. The molecule has 5 heteroatoms. The lowest BCUT2D eigenvalue weighted by Crippen LogP contribution is -2.16. The van der Waals surface area contributed by atoms with Crippen LogP contribution in [-0.2, 0) is 6.54 Å². The van der Waals surface area contributed by atoms with Crippen LogP contribution in [0.25, 0.3) is 0 Å². The summed E-state index contributed by atoms with van der Waals surface area (Å²) in [5.41, 5.74) is 2.50. The first kappa shape index (κ1) is 12.6. The van der Waals surface area contributed by atoms with Crippen LogP contribution < -0.4 is 4.90 Å². The second-order valence-corrected chi connectivity index (χ2v) is 5.00. The fourth-order valence-corrected chi connectivity index (χ4v) is 2.46. The Morgan fingerprint density at radius 2 is 2.28 bits per heavy atom. The number of hydrogen-bond acceptors (Lipinski definition) is 4. The summed E-state index contributed by atoms with van der Waals surface area (Å²) in [5, 5.41) is 11.1. The van der Waals surface area contributed by atoms with Crippen LogP contribution in [0.15, 0.2) is 29.6 Å². The number of aromatic carboxylic acids is 1. The lowest BCUT2D eigenvalue weighted by atomic mass is 10.1. The van der Waals surface area contributed by atoms with Gasteiger partial charge in [0, 0.05) is 19.0 Å². The van der Waals surface area contributed by atoms with Crippen LogP contribution in [0.3, 0.4) is 0 Å². The molecular weight excluding hydrogens is 248 g/mol. The van der Waals surface area contributed by atoms with Gasteiger partial charge in [-0.3, -0.25) is 0 Å². The average molecular weight is 262 g/mol. The first-order valence-electron chi connectivity index (χ1n) is 5.52. The first-order valence-corrected chi connectivity index (χ1v) is 6.40. The molecule has 0 unspecified atom stereocenters. The molecule has 0 saturated carbocycles. The highest BCUT2D eigenvalue weighted by molar-refractivity contribution is 7.13. The molecule has 0 aliphatic carbocycles. The van der Waals surface area contributed by atoms with Gasteiger partial charge in [-0.2, -0.15) is 0 Å². The van der Waals surface area contributed by atoms with Crippen LogP contribution in [-0.4, -0.2) is 23.1 Å². The molecule has 0 bridgehead atoms. The van der Waals surface area contributed by atoms with E-state index in [2.05, 4.69) is 30.1 Å². The zero-order chi connectivity index (χ0) is 13.1. The largest absolute Gasteiger partial charge is 0.476 e. The third-order valence-electron chi connectivity index (χ3n) is 2.54. The van der Waals surface area contributed by atoms with Crippen LogP contribution in [0.1, 0.15) is 21.6 Å². The number of carbonyl (C=O) groups is 1. The van der Waals surface area contributed by atoms with Crippen LogP contribution in [0.5, 0.6) is 0 Å². The third kappa shape index (κ3) is 2.87. The van der Waals surface area contributed by atoms with Gasteiger partial charge in [0.2, 0.25) is 0 Å². The van der Waals surface area contributed by atoms with E-state index in [4.69, 9.17) is 5.11 Å². The van der Waals surface area contributed by atoms with E-state index >= 15 is 0 Å². The molecule has 0 aliphatic heterocycles. The molecular formula is C13H14N2O2S. The Morgan fingerprint density at radius 3 is 2.89 bits per heavy atom. The Balaban J connectivity index is 2.11. The summed E-state index contributed by atoms with van der Waals surface area (Å²) < 4.78 is 0. The highest BCUT2D eigenvalue weighted by atomic mass is 32.1. The average Bonchev–Trinajstić information content (AvgIpc) is 2.78. The summed E-state index contributed by atoms with van der Waals surface area (Å²) in [7, 11) is 1.91. The summed E-state index contributed by atoms with van der Waals surface area (Å²) >= 11 is 1.34. The number of thiazole rings is 1. The fraction of sp³-hybridized carbons (Fsp3) is 0.231. The van der Waals surface area contributed by atoms with Gasteiger partial charge in [0.05, 0.1) is 0 Å². The van der Waals surface area contributed by atoms with Crippen molar-refractivity contribution in [2.45, 2.75) is 13.5 Å². The maximum Gasteiger partial charge on any atom is 0.355 e. The van der Waals surface area contributed by atoms with Crippen molar-refractivity contribution in [1.82, 2.24) is 4.98 Å². The molecule has 0 amide bonds. The van der Waals surface area contributed by atoms with Gasteiger partial charge in [0.1, 0.15) is 0 Å². The van der Waals surface area contributed by atoms with E-state index in [1.54, 1.807) is 5.38 Å². The second kappa shape index (κ2) is 5.18. The van der Waals surface area contributed by atoms with Crippen molar-refractivity contribution < 1.29 is 9.90 Å². The molecule has 4 nitrogen and oxygen atoms in total. The van der Waals surface area contributed by atoms with Gasteiger partial charge in [-0.15, -0.1) is 11.3 Å². The minimum Gasteiger partial charge on any atom is -0.476 e. The van der Waals surface area contributed by atoms with Crippen LogP contribution in [0.2, 0.25) is 0 Å². The molecule has 1 heterocycles. The summed E-state index contributed by atoms with van der Waals surface area (Å²) in [6, 6.07) is 8.23. The summed E-state index contributed by atoms with van der Waals surface area (Å²) in [4.78, 5) is 16.8. The summed E-state index contributed by atoms with van der Waals surface area (Å²) in [6.07, 6.45) is 0. The molecule has 0 saturated heterocycles. The Hall–Kier alpha value is -1.88.